The second kappa shape index (κ2) is 6.91. The van der Waals surface area contributed by atoms with Crippen LogP contribution in [0.3, 0.4) is 0 Å². The van der Waals surface area contributed by atoms with Crippen molar-refractivity contribution in [3.63, 3.8) is 0 Å². The zero-order chi connectivity index (χ0) is 17.0. The van der Waals surface area contributed by atoms with Crippen LogP contribution in [-0.2, 0) is 4.79 Å². The van der Waals surface area contributed by atoms with Gasteiger partial charge in [-0.2, -0.15) is 0 Å². The highest BCUT2D eigenvalue weighted by molar-refractivity contribution is 5.95. The van der Waals surface area contributed by atoms with Crippen molar-refractivity contribution in [2.75, 3.05) is 5.32 Å². The van der Waals surface area contributed by atoms with E-state index in [1.54, 1.807) is 32.0 Å². The lowest BCUT2D eigenvalue weighted by molar-refractivity contribution is -0.384. The third-order valence-corrected chi connectivity index (χ3v) is 3.39. The van der Waals surface area contributed by atoms with Crippen molar-refractivity contribution in [1.82, 2.24) is 0 Å². The van der Waals surface area contributed by atoms with Crippen molar-refractivity contribution < 1.29 is 14.5 Å². The quantitative estimate of drug-likeness (QED) is 0.675. The van der Waals surface area contributed by atoms with Crippen molar-refractivity contribution in [1.29, 1.82) is 0 Å². The molecule has 2 aromatic rings. The summed E-state index contributed by atoms with van der Waals surface area (Å²) in [5, 5.41) is 13.5. The van der Waals surface area contributed by atoms with E-state index in [4.69, 9.17) is 4.74 Å². The van der Waals surface area contributed by atoms with Crippen LogP contribution in [0.2, 0.25) is 0 Å². The molecule has 0 unspecified atom stereocenters. The Morgan fingerprint density at radius 3 is 2.43 bits per heavy atom. The van der Waals surface area contributed by atoms with Crippen molar-refractivity contribution in [3.05, 3.63) is 63.7 Å². The number of amides is 1. The molecule has 2 aromatic carbocycles. The lowest BCUT2D eigenvalue weighted by Gasteiger charge is -2.15. The number of carbonyl (C=O) groups excluding carboxylic acids is 1. The van der Waals surface area contributed by atoms with Crippen molar-refractivity contribution in [2.24, 2.45) is 0 Å². The monoisotopic (exact) mass is 314 g/mol. The molecule has 1 amide bonds. The lowest BCUT2D eigenvalue weighted by Crippen LogP contribution is -2.30. The van der Waals surface area contributed by atoms with Gasteiger partial charge in [0, 0.05) is 12.1 Å². The fourth-order valence-corrected chi connectivity index (χ4v) is 1.97. The first-order valence-corrected chi connectivity index (χ1v) is 7.16. The summed E-state index contributed by atoms with van der Waals surface area (Å²) in [6.45, 7) is 5.36. The Bertz CT molecular complexity index is 726. The normalized spacial score (nSPS) is 11.6. The van der Waals surface area contributed by atoms with Gasteiger partial charge in [-0.3, -0.25) is 14.9 Å². The molecule has 0 aliphatic rings. The zero-order valence-electron chi connectivity index (χ0n) is 13.2. The average Bonchev–Trinajstić information content (AvgIpc) is 2.51. The third-order valence-electron chi connectivity index (χ3n) is 3.39. The van der Waals surface area contributed by atoms with Gasteiger partial charge < -0.3 is 10.1 Å². The number of anilines is 1. The van der Waals surface area contributed by atoms with E-state index in [1.165, 1.54) is 12.1 Å². The van der Waals surface area contributed by atoms with E-state index in [0.29, 0.717) is 11.4 Å². The first-order chi connectivity index (χ1) is 10.9. The maximum absolute atomic E-state index is 12.2. The van der Waals surface area contributed by atoms with Gasteiger partial charge >= 0.3 is 0 Å². The Balaban J connectivity index is 2.07. The van der Waals surface area contributed by atoms with Crippen LogP contribution in [0.25, 0.3) is 0 Å². The number of non-ortho nitro benzene ring substituents is 1. The molecular formula is C17H18N2O4. The molecule has 0 fully saturated rings. The van der Waals surface area contributed by atoms with Crippen LogP contribution in [0.4, 0.5) is 11.4 Å². The first kappa shape index (κ1) is 16.5. The van der Waals surface area contributed by atoms with Crippen molar-refractivity contribution in [3.8, 4) is 5.75 Å². The Kier molecular flexibility index (Phi) is 4.95. The van der Waals surface area contributed by atoms with E-state index in [1.807, 2.05) is 19.1 Å². The fraction of sp³-hybridized carbons (Fsp3) is 0.235. The fourth-order valence-electron chi connectivity index (χ4n) is 1.97. The SMILES string of the molecule is Cc1ccc(O[C@H](C)C(=O)Nc2cc([N+](=O)[O-])ccc2C)cc1. The van der Waals surface area contributed by atoms with Crippen LogP contribution >= 0.6 is 0 Å². The van der Waals surface area contributed by atoms with Crippen LogP contribution in [0.15, 0.2) is 42.5 Å². The van der Waals surface area contributed by atoms with E-state index in [9.17, 15) is 14.9 Å². The van der Waals surface area contributed by atoms with E-state index in [2.05, 4.69) is 5.32 Å². The lowest BCUT2D eigenvalue weighted by atomic mass is 10.1. The molecule has 0 aliphatic carbocycles. The standard InChI is InChI=1S/C17H18N2O4/c1-11-4-8-15(9-5-11)23-13(3)17(20)18-16-10-14(19(21)22)7-6-12(16)2/h4-10,13H,1-3H3,(H,18,20)/t13-/m1/s1. The highest BCUT2D eigenvalue weighted by Crippen LogP contribution is 2.22. The maximum atomic E-state index is 12.2. The van der Waals surface area contributed by atoms with Crippen LogP contribution in [-0.4, -0.2) is 16.9 Å². The number of hydrogen-bond acceptors (Lipinski definition) is 4. The number of ether oxygens (including phenoxy) is 1. The van der Waals surface area contributed by atoms with E-state index >= 15 is 0 Å². The van der Waals surface area contributed by atoms with Crippen molar-refractivity contribution in [2.45, 2.75) is 26.9 Å². The predicted octanol–water partition coefficient (Wildman–Crippen LogP) is 3.62. The van der Waals surface area contributed by atoms with Crippen molar-refractivity contribution >= 4 is 17.3 Å². The van der Waals surface area contributed by atoms with Crippen LogP contribution in [0, 0.1) is 24.0 Å². The largest absolute Gasteiger partial charge is 0.481 e. The Hall–Kier alpha value is -2.89. The minimum atomic E-state index is -0.726. The van der Waals surface area contributed by atoms with Gasteiger partial charge in [-0.25, -0.2) is 0 Å². The second-order valence-corrected chi connectivity index (χ2v) is 5.32. The Morgan fingerprint density at radius 2 is 1.83 bits per heavy atom. The Morgan fingerprint density at radius 1 is 1.17 bits per heavy atom. The van der Waals surface area contributed by atoms with Gasteiger partial charge in [0.1, 0.15) is 5.75 Å². The molecule has 0 bridgehead atoms. The second-order valence-electron chi connectivity index (χ2n) is 5.32. The molecule has 120 valence electrons. The number of aryl methyl sites for hydroxylation is 2. The number of nitro groups is 1. The molecule has 0 saturated carbocycles. The van der Waals surface area contributed by atoms with Gasteiger partial charge in [0.15, 0.2) is 6.10 Å². The molecule has 1 N–H and O–H groups in total. The maximum Gasteiger partial charge on any atom is 0.271 e. The van der Waals surface area contributed by atoms with E-state index < -0.39 is 11.0 Å². The average molecular weight is 314 g/mol. The summed E-state index contributed by atoms with van der Waals surface area (Å²) in [7, 11) is 0. The van der Waals surface area contributed by atoms with E-state index in [-0.39, 0.29) is 11.6 Å². The summed E-state index contributed by atoms with van der Waals surface area (Å²) in [4.78, 5) is 22.5. The molecule has 0 aromatic heterocycles. The summed E-state index contributed by atoms with van der Waals surface area (Å²) in [6.07, 6.45) is -0.726. The minimum Gasteiger partial charge on any atom is -0.481 e. The number of nitro benzene ring substituents is 1. The van der Waals surface area contributed by atoms with Gasteiger partial charge in [0.2, 0.25) is 0 Å². The number of rotatable bonds is 5. The van der Waals surface area contributed by atoms with Gasteiger partial charge in [0.05, 0.1) is 10.6 Å². The van der Waals surface area contributed by atoms with Gasteiger partial charge in [-0.05, 0) is 38.5 Å². The molecule has 0 spiro atoms. The number of hydrogen-bond donors (Lipinski definition) is 1. The summed E-state index contributed by atoms with van der Waals surface area (Å²) >= 11 is 0. The van der Waals surface area contributed by atoms with Gasteiger partial charge in [0.25, 0.3) is 11.6 Å². The number of carbonyl (C=O) groups is 1. The number of nitrogens with zero attached hydrogens (tertiary/aromatic N) is 1. The number of nitrogens with one attached hydrogen (secondary N) is 1. The molecule has 0 heterocycles. The van der Waals surface area contributed by atoms with Crippen LogP contribution < -0.4 is 10.1 Å². The predicted molar refractivity (Wildman–Crippen MR) is 87.7 cm³/mol. The summed E-state index contributed by atoms with van der Waals surface area (Å²) in [5.41, 5.74) is 2.18. The van der Waals surface area contributed by atoms with E-state index in [0.717, 1.165) is 11.1 Å². The topological polar surface area (TPSA) is 81.5 Å². The van der Waals surface area contributed by atoms with Crippen LogP contribution in [0.1, 0.15) is 18.1 Å². The smallest absolute Gasteiger partial charge is 0.271 e. The molecule has 6 nitrogen and oxygen atoms in total. The number of benzene rings is 2. The highest BCUT2D eigenvalue weighted by Gasteiger charge is 2.17. The molecule has 23 heavy (non-hydrogen) atoms. The Labute approximate surface area is 134 Å². The molecule has 0 saturated heterocycles. The summed E-state index contributed by atoms with van der Waals surface area (Å²) < 4.78 is 5.57. The summed E-state index contributed by atoms with van der Waals surface area (Å²) in [5.74, 6) is 0.225. The third kappa shape index (κ3) is 4.29. The molecule has 6 heteroatoms. The van der Waals surface area contributed by atoms with Gasteiger partial charge in [-0.1, -0.05) is 23.8 Å². The minimum absolute atomic E-state index is 0.0713. The molecule has 1 atom stereocenters. The van der Waals surface area contributed by atoms with Gasteiger partial charge in [-0.15, -0.1) is 0 Å². The highest BCUT2D eigenvalue weighted by atomic mass is 16.6. The zero-order valence-corrected chi connectivity index (χ0v) is 13.2. The van der Waals surface area contributed by atoms with Crippen LogP contribution in [0.5, 0.6) is 5.75 Å². The summed E-state index contributed by atoms with van der Waals surface area (Å²) in [6, 6.07) is 11.7. The molecule has 0 radical (unpaired) electrons. The first-order valence-electron chi connectivity index (χ1n) is 7.16. The molecular weight excluding hydrogens is 296 g/mol. The molecule has 0 aliphatic heterocycles. The molecule has 2 rings (SSSR count).